The summed E-state index contributed by atoms with van der Waals surface area (Å²) in [6.07, 6.45) is 0. The van der Waals surface area contributed by atoms with Gasteiger partial charge in [0.2, 0.25) is 0 Å². The van der Waals surface area contributed by atoms with E-state index in [1.54, 1.807) is 15.6 Å². The summed E-state index contributed by atoms with van der Waals surface area (Å²) in [7, 11) is -7.39. The van der Waals surface area contributed by atoms with Crippen molar-refractivity contribution in [1.29, 1.82) is 0 Å². The van der Waals surface area contributed by atoms with E-state index in [0.29, 0.717) is 0 Å². The molecule has 3 aromatic rings. The van der Waals surface area contributed by atoms with E-state index in [1.165, 1.54) is 0 Å². The Morgan fingerprint density at radius 3 is 0.848 bits per heavy atom. The Kier molecular flexibility index (Phi) is 7.44. The van der Waals surface area contributed by atoms with Gasteiger partial charge in [-0.15, -0.1) is 0 Å². The first kappa shape index (κ1) is 25.9. The quantitative estimate of drug-likeness (QED) is 0.318. The second kappa shape index (κ2) is 9.49. The van der Waals surface area contributed by atoms with Crippen LogP contribution in [0.5, 0.6) is 0 Å². The third-order valence-corrected chi connectivity index (χ3v) is 27.8. The third kappa shape index (κ3) is 5.19. The van der Waals surface area contributed by atoms with E-state index in [9.17, 15) is 0 Å². The summed E-state index contributed by atoms with van der Waals surface area (Å²) in [4.78, 5) is 3.83. The highest BCUT2D eigenvalue weighted by Gasteiger charge is 2.48. The Balaban J connectivity index is 2.48. The monoisotopic (exact) mass is 502 g/mol. The minimum Gasteiger partial charge on any atom is -0.0939 e. The van der Waals surface area contributed by atoms with Crippen molar-refractivity contribution in [2.24, 2.45) is 0 Å². The fourth-order valence-electron chi connectivity index (χ4n) is 6.03. The van der Waals surface area contributed by atoms with E-state index in [4.69, 9.17) is 0 Å². The van der Waals surface area contributed by atoms with Crippen molar-refractivity contribution in [3.05, 3.63) is 101 Å². The van der Waals surface area contributed by atoms with Crippen LogP contribution in [0.3, 0.4) is 0 Å². The van der Waals surface area contributed by atoms with Gasteiger partial charge in [-0.1, -0.05) is 175 Å². The summed E-state index contributed by atoms with van der Waals surface area (Å²) in [5.74, 6) is 0. The van der Waals surface area contributed by atoms with Crippen molar-refractivity contribution in [1.82, 2.24) is 0 Å². The van der Waals surface area contributed by atoms with Gasteiger partial charge < -0.3 is 0 Å². The summed E-state index contributed by atoms with van der Waals surface area (Å²) in [5.41, 5.74) is 0. The van der Waals surface area contributed by atoms with Crippen molar-refractivity contribution in [3.63, 3.8) is 0 Å². The van der Waals surface area contributed by atoms with Gasteiger partial charge >= 0.3 is 0 Å². The van der Waals surface area contributed by atoms with Crippen molar-refractivity contribution in [3.8, 4) is 0 Å². The summed E-state index contributed by atoms with van der Waals surface area (Å²) in [6, 6.07) is 34.4. The molecule has 4 heteroatoms. The Morgan fingerprint density at radius 2 is 0.606 bits per heavy atom. The molecule has 0 radical (unpaired) electrons. The molecule has 33 heavy (non-hydrogen) atoms. The zero-order chi connectivity index (χ0) is 24.5. The van der Waals surface area contributed by atoms with E-state index in [2.05, 4.69) is 150 Å². The van der Waals surface area contributed by atoms with Gasteiger partial charge in [0.15, 0.2) is 0 Å². The Morgan fingerprint density at radius 1 is 0.364 bits per heavy atom. The molecule has 0 fully saturated rings. The molecule has 174 valence electrons. The van der Waals surface area contributed by atoms with Crippen LogP contribution in [0, 0.1) is 0 Å². The van der Waals surface area contributed by atoms with Crippen LogP contribution in [0.2, 0.25) is 58.9 Å². The molecule has 0 heterocycles. The van der Waals surface area contributed by atoms with Gasteiger partial charge in [0.05, 0.1) is 8.07 Å². The summed E-state index contributed by atoms with van der Waals surface area (Å²) < 4.78 is 0. The van der Waals surface area contributed by atoms with Crippen LogP contribution in [-0.2, 0) is 0 Å². The second-order valence-corrected chi connectivity index (χ2v) is 31.0. The molecule has 0 unspecified atom stereocenters. The lowest BCUT2D eigenvalue weighted by atomic mass is 10.4. The predicted octanol–water partition coefficient (Wildman–Crippen LogP) is 6.62. The maximum atomic E-state index is 2.63. The lowest BCUT2D eigenvalue weighted by Crippen LogP contribution is -2.63. The first-order valence-corrected chi connectivity index (χ1v) is 24.7. The van der Waals surface area contributed by atoms with Gasteiger partial charge in [0.25, 0.3) is 0 Å². The zero-order valence-corrected chi connectivity index (χ0v) is 26.2. The molecule has 3 aromatic carbocycles. The summed E-state index contributed by atoms with van der Waals surface area (Å²) in [6.45, 7) is 23.6. The average molecular weight is 503 g/mol. The largest absolute Gasteiger partial charge is 0.103 e. The Bertz CT molecular complexity index is 1040. The van der Waals surface area contributed by atoms with Crippen molar-refractivity contribution < 1.29 is 0 Å². The SMILES string of the molecule is C[Si](C)(C)C(=C([Si](C)(C)c1ccccc1)[Si](C)(C)c1ccccc1)[Si](C)(C)c1ccccc1. The second-order valence-electron chi connectivity index (χ2n) is 12.0. The van der Waals surface area contributed by atoms with Crippen LogP contribution in [0.15, 0.2) is 101 Å². The van der Waals surface area contributed by atoms with Crippen LogP contribution in [0.25, 0.3) is 0 Å². The number of hydrogen-bond acceptors (Lipinski definition) is 0. The molecule has 3 rings (SSSR count). The van der Waals surface area contributed by atoms with Gasteiger partial charge in [-0.3, -0.25) is 0 Å². The van der Waals surface area contributed by atoms with E-state index >= 15 is 0 Å². The highest BCUT2D eigenvalue weighted by atomic mass is 28.4. The van der Waals surface area contributed by atoms with E-state index in [1.807, 2.05) is 9.64 Å². The molecule has 0 aliphatic heterocycles. The molecule has 0 nitrogen and oxygen atoms in total. The number of benzene rings is 3. The smallest absolute Gasteiger partial charge is 0.0939 e. The molecule has 0 bridgehead atoms. The lowest BCUT2D eigenvalue weighted by Gasteiger charge is -2.47. The molecule has 0 aromatic heterocycles. The molecular weight excluding hydrogens is 461 g/mol. The predicted molar refractivity (Wildman–Crippen MR) is 161 cm³/mol. The minimum absolute atomic E-state index is 1.57. The van der Waals surface area contributed by atoms with Crippen molar-refractivity contribution in [2.75, 3.05) is 0 Å². The van der Waals surface area contributed by atoms with Gasteiger partial charge in [-0.2, -0.15) is 0 Å². The van der Waals surface area contributed by atoms with Crippen LogP contribution < -0.4 is 15.6 Å². The number of rotatable bonds is 7. The summed E-state index contributed by atoms with van der Waals surface area (Å²) in [5, 5.41) is 4.73. The van der Waals surface area contributed by atoms with E-state index in [-0.39, 0.29) is 0 Å². The average Bonchev–Trinajstić information content (AvgIpc) is 2.78. The van der Waals surface area contributed by atoms with Gasteiger partial charge in [0, 0.05) is 0 Å². The highest BCUT2D eigenvalue weighted by Crippen LogP contribution is 2.37. The Labute approximate surface area is 206 Å². The maximum absolute atomic E-state index is 2.63. The van der Waals surface area contributed by atoms with Crippen LogP contribution in [-0.4, -0.2) is 32.3 Å². The third-order valence-electron chi connectivity index (χ3n) is 7.36. The molecule has 0 aliphatic carbocycles. The molecule has 0 saturated carbocycles. The lowest BCUT2D eigenvalue weighted by molar-refractivity contribution is 1.57. The molecule has 0 atom stereocenters. The highest BCUT2D eigenvalue weighted by molar-refractivity contribution is 7.21. The molecule has 0 spiro atoms. The minimum atomic E-state index is -1.93. The Hall–Kier alpha value is -1.73. The maximum Gasteiger partial charge on any atom is 0.103 e. The van der Waals surface area contributed by atoms with Crippen molar-refractivity contribution >= 4 is 47.9 Å². The standard InChI is InChI=1S/C29H42Si4/c1-30(2,3)28(31(4,5)25-19-13-10-14-20-25)29(32(6,7)26-21-15-11-16-22-26)33(8,9)27-23-17-12-18-24-27/h10-24H,1-9H3. The fourth-order valence-corrected chi connectivity index (χ4v) is 35.5. The van der Waals surface area contributed by atoms with Crippen LogP contribution >= 0.6 is 0 Å². The summed E-state index contributed by atoms with van der Waals surface area (Å²) >= 11 is 0. The molecular formula is C29H42Si4. The molecule has 0 aliphatic rings. The van der Waals surface area contributed by atoms with Crippen molar-refractivity contribution in [2.45, 2.75) is 58.9 Å². The van der Waals surface area contributed by atoms with Crippen LogP contribution in [0.1, 0.15) is 0 Å². The number of hydrogen-bond donors (Lipinski definition) is 0. The molecule has 0 amide bonds. The first-order chi connectivity index (χ1) is 15.3. The van der Waals surface area contributed by atoms with Gasteiger partial charge in [-0.05, 0) is 0 Å². The van der Waals surface area contributed by atoms with E-state index in [0.717, 1.165) is 0 Å². The van der Waals surface area contributed by atoms with Gasteiger partial charge in [-0.25, -0.2) is 0 Å². The van der Waals surface area contributed by atoms with Gasteiger partial charge in [0.1, 0.15) is 24.2 Å². The zero-order valence-electron chi connectivity index (χ0n) is 22.2. The normalized spacial score (nSPS) is 13.0. The van der Waals surface area contributed by atoms with E-state index < -0.39 is 32.3 Å². The van der Waals surface area contributed by atoms with Crippen LogP contribution in [0.4, 0.5) is 0 Å². The topological polar surface area (TPSA) is 0 Å². The fraction of sp³-hybridized carbons (Fsp3) is 0.310. The molecule has 0 saturated heterocycles. The molecule has 0 N–H and O–H groups in total. The first-order valence-electron chi connectivity index (χ1n) is 12.2.